The lowest BCUT2D eigenvalue weighted by Gasteiger charge is -2.09. The maximum absolute atomic E-state index is 4.62. The molecule has 0 aliphatic heterocycles. The van der Waals surface area contributed by atoms with E-state index < -0.39 is 0 Å². The highest BCUT2D eigenvalue weighted by Crippen LogP contribution is 2.25. The van der Waals surface area contributed by atoms with Crippen LogP contribution in [0.5, 0.6) is 0 Å². The molecule has 0 radical (unpaired) electrons. The highest BCUT2D eigenvalue weighted by Gasteiger charge is 2.16. The van der Waals surface area contributed by atoms with Gasteiger partial charge in [-0.2, -0.15) is 5.10 Å². The third-order valence-electron chi connectivity index (χ3n) is 2.82. The van der Waals surface area contributed by atoms with Gasteiger partial charge < -0.3 is 4.57 Å². The number of hydrogen-bond donors (Lipinski definition) is 0. The molecule has 0 N–H and O–H groups in total. The number of aryl methyl sites for hydroxylation is 1. The number of fused-ring (bicyclic) bond motifs is 1. The molecule has 0 aliphatic rings. The largest absolute Gasteiger partial charge is 0.309 e. The Kier molecular flexibility index (Phi) is 2.66. The van der Waals surface area contributed by atoms with Crippen LogP contribution < -0.4 is 0 Å². The van der Waals surface area contributed by atoms with Crippen LogP contribution in [0.1, 0.15) is 51.0 Å². The van der Waals surface area contributed by atoms with Crippen LogP contribution in [0.3, 0.4) is 0 Å². The smallest absolute Gasteiger partial charge is 0.183 e. The fourth-order valence-electron chi connectivity index (χ4n) is 2.07. The summed E-state index contributed by atoms with van der Waals surface area (Å²) in [6, 6.07) is 0.363. The van der Waals surface area contributed by atoms with Gasteiger partial charge in [0, 0.05) is 11.6 Å². The van der Waals surface area contributed by atoms with Crippen molar-refractivity contribution in [3.05, 3.63) is 17.6 Å². The van der Waals surface area contributed by atoms with Crippen molar-refractivity contribution < 1.29 is 0 Å². The van der Waals surface area contributed by atoms with Gasteiger partial charge in [0.1, 0.15) is 11.3 Å². The summed E-state index contributed by atoms with van der Waals surface area (Å²) in [7, 11) is 0. The van der Waals surface area contributed by atoms with E-state index in [9.17, 15) is 0 Å². The Morgan fingerprint density at radius 3 is 2.44 bits per heavy atom. The lowest BCUT2D eigenvalue weighted by molar-refractivity contribution is 0.593. The van der Waals surface area contributed by atoms with E-state index in [2.05, 4.69) is 47.4 Å². The number of aromatic nitrogens is 4. The zero-order valence-electron chi connectivity index (χ0n) is 10.5. The topological polar surface area (TPSA) is 43.6 Å². The Balaban J connectivity index is 2.78. The SMILES string of the molecule is Cc1nc2c(C(C)C)cnnc2n1C(C)C. The van der Waals surface area contributed by atoms with Crippen molar-refractivity contribution in [1.29, 1.82) is 0 Å². The van der Waals surface area contributed by atoms with Crippen molar-refractivity contribution in [2.24, 2.45) is 0 Å². The molecule has 0 saturated carbocycles. The summed E-state index contributed by atoms with van der Waals surface area (Å²) < 4.78 is 2.13. The van der Waals surface area contributed by atoms with Gasteiger partial charge >= 0.3 is 0 Å². The summed E-state index contributed by atoms with van der Waals surface area (Å²) in [5.74, 6) is 1.43. The Morgan fingerprint density at radius 1 is 1.19 bits per heavy atom. The van der Waals surface area contributed by atoms with Gasteiger partial charge in [-0.25, -0.2) is 4.98 Å². The fourth-order valence-corrected chi connectivity index (χ4v) is 2.07. The highest BCUT2D eigenvalue weighted by molar-refractivity contribution is 5.75. The Morgan fingerprint density at radius 2 is 1.88 bits per heavy atom. The quantitative estimate of drug-likeness (QED) is 0.778. The first-order valence-corrected chi connectivity index (χ1v) is 5.72. The predicted octanol–water partition coefficient (Wildman–Crippen LogP) is 2.84. The standard InChI is InChI=1S/C12H18N4/c1-7(2)10-6-13-15-12-11(10)14-9(5)16(12)8(3)4/h6-8H,1-5H3. The second-order valence-corrected chi connectivity index (χ2v) is 4.75. The molecule has 0 aliphatic carbocycles. The van der Waals surface area contributed by atoms with Gasteiger partial charge in [0.15, 0.2) is 5.65 Å². The lowest BCUT2D eigenvalue weighted by atomic mass is 10.1. The van der Waals surface area contributed by atoms with Gasteiger partial charge in [-0.1, -0.05) is 13.8 Å². The van der Waals surface area contributed by atoms with Crippen LogP contribution in [0.25, 0.3) is 11.2 Å². The maximum atomic E-state index is 4.62. The van der Waals surface area contributed by atoms with E-state index in [-0.39, 0.29) is 0 Å². The van der Waals surface area contributed by atoms with Crippen LogP contribution in [0.4, 0.5) is 0 Å². The van der Waals surface area contributed by atoms with E-state index in [1.165, 1.54) is 5.56 Å². The number of rotatable bonds is 2. The van der Waals surface area contributed by atoms with E-state index >= 15 is 0 Å². The van der Waals surface area contributed by atoms with E-state index in [1.54, 1.807) is 0 Å². The van der Waals surface area contributed by atoms with Gasteiger partial charge in [-0.15, -0.1) is 5.10 Å². The summed E-state index contributed by atoms with van der Waals surface area (Å²) in [6.07, 6.45) is 1.82. The van der Waals surface area contributed by atoms with Crippen LogP contribution in [0.2, 0.25) is 0 Å². The van der Waals surface area contributed by atoms with Gasteiger partial charge in [0.05, 0.1) is 6.20 Å². The lowest BCUT2D eigenvalue weighted by Crippen LogP contribution is -2.04. The molecule has 0 spiro atoms. The molecule has 86 valence electrons. The second kappa shape index (κ2) is 3.85. The van der Waals surface area contributed by atoms with Crippen molar-refractivity contribution in [1.82, 2.24) is 19.7 Å². The number of hydrogen-bond acceptors (Lipinski definition) is 3. The third kappa shape index (κ3) is 1.58. The van der Waals surface area contributed by atoms with Gasteiger partial charge in [0.2, 0.25) is 0 Å². The van der Waals surface area contributed by atoms with Crippen molar-refractivity contribution in [3.63, 3.8) is 0 Å². The zero-order valence-corrected chi connectivity index (χ0v) is 10.5. The molecule has 0 bridgehead atoms. The molecule has 0 aromatic carbocycles. The second-order valence-electron chi connectivity index (χ2n) is 4.75. The van der Waals surface area contributed by atoms with Crippen molar-refractivity contribution in [2.75, 3.05) is 0 Å². The number of imidazole rings is 1. The summed E-state index contributed by atoms with van der Waals surface area (Å²) in [5.41, 5.74) is 3.07. The molecule has 2 heterocycles. The van der Waals surface area contributed by atoms with Crippen LogP contribution in [-0.4, -0.2) is 19.7 Å². The van der Waals surface area contributed by atoms with Crippen molar-refractivity contribution in [2.45, 2.75) is 46.6 Å². The van der Waals surface area contributed by atoms with E-state index in [1.807, 2.05) is 13.1 Å². The molecule has 0 unspecified atom stereocenters. The summed E-state index contributed by atoms with van der Waals surface area (Å²) in [5, 5.41) is 8.30. The predicted molar refractivity (Wildman–Crippen MR) is 64.5 cm³/mol. The Hall–Kier alpha value is -1.45. The summed E-state index contributed by atoms with van der Waals surface area (Å²) in [4.78, 5) is 4.62. The highest BCUT2D eigenvalue weighted by atomic mass is 15.2. The molecule has 0 amide bonds. The molecule has 4 nitrogen and oxygen atoms in total. The molecule has 4 heteroatoms. The van der Waals surface area contributed by atoms with Gasteiger partial charge in [-0.05, 0) is 26.7 Å². The third-order valence-corrected chi connectivity index (χ3v) is 2.82. The minimum Gasteiger partial charge on any atom is -0.309 e. The molecule has 2 rings (SSSR count). The minimum atomic E-state index is 0.363. The number of nitrogens with zero attached hydrogens (tertiary/aromatic N) is 4. The van der Waals surface area contributed by atoms with Crippen molar-refractivity contribution in [3.8, 4) is 0 Å². The van der Waals surface area contributed by atoms with E-state index in [0.717, 1.165) is 17.0 Å². The van der Waals surface area contributed by atoms with Crippen LogP contribution in [0.15, 0.2) is 6.20 Å². The molecule has 16 heavy (non-hydrogen) atoms. The molecule has 2 aromatic heterocycles. The average Bonchev–Trinajstić information content (AvgIpc) is 2.52. The molecule has 0 atom stereocenters. The van der Waals surface area contributed by atoms with E-state index in [0.29, 0.717) is 12.0 Å². The van der Waals surface area contributed by atoms with E-state index in [4.69, 9.17) is 0 Å². The van der Waals surface area contributed by atoms with Gasteiger partial charge in [-0.3, -0.25) is 0 Å². The molecule has 0 saturated heterocycles. The molecule has 2 aromatic rings. The van der Waals surface area contributed by atoms with Crippen LogP contribution in [0, 0.1) is 6.92 Å². The van der Waals surface area contributed by atoms with Gasteiger partial charge in [0.25, 0.3) is 0 Å². The first kappa shape index (κ1) is 11.0. The van der Waals surface area contributed by atoms with Crippen LogP contribution >= 0.6 is 0 Å². The van der Waals surface area contributed by atoms with Crippen molar-refractivity contribution >= 4 is 11.2 Å². The normalized spacial score (nSPS) is 11.9. The first-order valence-electron chi connectivity index (χ1n) is 5.72. The zero-order chi connectivity index (χ0) is 11.9. The maximum Gasteiger partial charge on any atom is 0.183 e. The first-order chi connectivity index (χ1) is 7.52. The molecular formula is C12H18N4. The summed E-state index contributed by atoms with van der Waals surface area (Å²) >= 11 is 0. The fraction of sp³-hybridized carbons (Fsp3) is 0.583. The summed E-state index contributed by atoms with van der Waals surface area (Å²) in [6.45, 7) is 10.6. The molecular weight excluding hydrogens is 200 g/mol. The van der Waals surface area contributed by atoms with Crippen LogP contribution in [-0.2, 0) is 0 Å². The monoisotopic (exact) mass is 218 g/mol. The Labute approximate surface area is 95.7 Å². The minimum absolute atomic E-state index is 0.363. The Bertz CT molecular complexity index is 511. The average molecular weight is 218 g/mol. The molecule has 0 fully saturated rings.